The van der Waals surface area contributed by atoms with E-state index in [0.717, 1.165) is 0 Å². The molecule has 0 radical (unpaired) electrons. The highest BCUT2D eigenvalue weighted by molar-refractivity contribution is 6.31. The first kappa shape index (κ1) is 19.2. The minimum Gasteiger partial charge on any atom is -0.354 e. The van der Waals surface area contributed by atoms with Crippen molar-refractivity contribution in [1.29, 1.82) is 0 Å². The lowest BCUT2D eigenvalue weighted by Crippen LogP contribution is -2.24. The van der Waals surface area contributed by atoms with E-state index in [2.05, 4.69) is 32.4 Å². The summed E-state index contributed by atoms with van der Waals surface area (Å²) in [5.74, 6) is 5.29. The Hall–Kier alpha value is -3.77. The number of anilines is 2. The van der Waals surface area contributed by atoms with Gasteiger partial charge in [-0.05, 0) is 24.6 Å². The molecule has 2 unspecified atom stereocenters. The van der Waals surface area contributed by atoms with Crippen LogP contribution in [0, 0.1) is 39.1 Å². The first-order valence-corrected chi connectivity index (χ1v) is 9.72. The number of rotatable bonds is 3. The van der Waals surface area contributed by atoms with E-state index in [4.69, 9.17) is 11.6 Å². The number of piperidine rings is 1. The number of carbonyl (C=O) groups excluding carboxylic acids is 1. The van der Waals surface area contributed by atoms with Crippen LogP contribution in [0.1, 0.15) is 12.0 Å². The molecule has 2 atom stereocenters. The second-order valence-corrected chi connectivity index (χ2v) is 7.83. The molecular formula is C21H13ClFN5O3. The van der Waals surface area contributed by atoms with Gasteiger partial charge in [-0.3, -0.25) is 14.9 Å². The van der Waals surface area contributed by atoms with Gasteiger partial charge in [0.05, 0.1) is 21.2 Å². The lowest BCUT2D eigenvalue weighted by molar-refractivity contribution is -0.385. The van der Waals surface area contributed by atoms with Gasteiger partial charge >= 0.3 is 0 Å². The smallest absolute Gasteiger partial charge is 0.285 e. The molecule has 2 aliphatic rings. The molecule has 1 aliphatic carbocycles. The summed E-state index contributed by atoms with van der Waals surface area (Å²) in [6, 6.07) is 7.21. The number of carbonyl (C=O) groups is 1. The number of nitrogens with zero attached hydrogens (tertiary/aromatic N) is 3. The number of aromatic nitrogens is 2. The van der Waals surface area contributed by atoms with Crippen molar-refractivity contribution in [3.8, 4) is 11.8 Å². The van der Waals surface area contributed by atoms with Crippen LogP contribution in [0.15, 0.2) is 36.7 Å². The standard InChI is InChI=1S/C21H13ClFN5O3/c22-14-2-1-3-15(18(14)23)27-19-13-7-17(28(30)31)11(6-16(13)25-10-26-19)4-5-21-8-12(21)9-24-20(21)29/h1-3,6-7,10,12H,8-9H2,(H,24,29)(H,25,26,27). The third kappa shape index (κ3) is 3.12. The normalized spacial score (nSPS) is 21.1. The maximum atomic E-state index is 14.3. The minimum atomic E-state index is -0.745. The van der Waals surface area contributed by atoms with Crippen LogP contribution < -0.4 is 10.6 Å². The summed E-state index contributed by atoms with van der Waals surface area (Å²) in [5.41, 5.74) is -0.390. The Bertz CT molecular complexity index is 1350. The van der Waals surface area contributed by atoms with E-state index >= 15 is 0 Å². The molecule has 2 aromatic carbocycles. The third-order valence-electron chi connectivity index (χ3n) is 5.59. The number of nitro groups is 1. The molecule has 3 aromatic rings. The summed E-state index contributed by atoms with van der Waals surface area (Å²) in [6.07, 6.45) is 1.92. The fraction of sp³-hybridized carbons (Fsp3) is 0.190. The maximum absolute atomic E-state index is 14.3. The quantitative estimate of drug-likeness (QED) is 0.368. The predicted octanol–water partition coefficient (Wildman–Crippen LogP) is 3.56. The lowest BCUT2D eigenvalue weighted by Gasteiger charge is -2.10. The van der Waals surface area contributed by atoms with Gasteiger partial charge in [-0.2, -0.15) is 0 Å². The topological polar surface area (TPSA) is 110 Å². The average molecular weight is 438 g/mol. The van der Waals surface area contributed by atoms with E-state index in [1.165, 1.54) is 30.6 Å². The molecule has 1 amide bonds. The highest BCUT2D eigenvalue weighted by atomic mass is 35.5. The van der Waals surface area contributed by atoms with Crippen molar-refractivity contribution in [3.05, 3.63) is 63.2 Å². The number of hydrogen-bond acceptors (Lipinski definition) is 6. The first-order chi connectivity index (χ1) is 14.9. The Kier molecular flexibility index (Phi) is 4.27. The molecule has 1 saturated carbocycles. The van der Waals surface area contributed by atoms with Gasteiger partial charge in [-0.1, -0.05) is 29.5 Å². The van der Waals surface area contributed by atoms with Crippen LogP contribution in [-0.2, 0) is 4.79 Å². The fourth-order valence-corrected chi connectivity index (χ4v) is 3.96. The molecule has 5 rings (SSSR count). The Morgan fingerprint density at radius 2 is 2.19 bits per heavy atom. The number of nitrogens with one attached hydrogen (secondary N) is 2. The summed E-state index contributed by atoms with van der Waals surface area (Å²) < 4.78 is 14.3. The number of fused-ring (bicyclic) bond motifs is 2. The van der Waals surface area contributed by atoms with Crippen LogP contribution in [-0.4, -0.2) is 27.3 Å². The second kappa shape index (κ2) is 6.89. The Balaban J connectivity index is 1.59. The summed E-state index contributed by atoms with van der Waals surface area (Å²) in [7, 11) is 0. The largest absolute Gasteiger partial charge is 0.354 e. The van der Waals surface area contributed by atoms with Gasteiger partial charge in [0.1, 0.15) is 23.1 Å². The summed E-state index contributed by atoms with van der Waals surface area (Å²) in [4.78, 5) is 31.5. The third-order valence-corrected chi connectivity index (χ3v) is 5.89. The first-order valence-electron chi connectivity index (χ1n) is 9.35. The summed E-state index contributed by atoms with van der Waals surface area (Å²) in [5, 5.41) is 17.5. The van der Waals surface area contributed by atoms with Crippen LogP contribution in [0.5, 0.6) is 0 Å². The van der Waals surface area contributed by atoms with Gasteiger partial charge in [0, 0.05) is 23.9 Å². The highest BCUT2D eigenvalue weighted by Gasteiger charge is 2.63. The second-order valence-electron chi connectivity index (χ2n) is 7.42. The lowest BCUT2D eigenvalue weighted by atomic mass is 10.0. The Morgan fingerprint density at radius 1 is 1.35 bits per heavy atom. The summed E-state index contributed by atoms with van der Waals surface area (Å²) >= 11 is 5.82. The fourth-order valence-electron chi connectivity index (χ4n) is 3.79. The summed E-state index contributed by atoms with van der Waals surface area (Å²) in [6.45, 7) is 0.579. The van der Waals surface area contributed by atoms with E-state index in [9.17, 15) is 19.3 Å². The van der Waals surface area contributed by atoms with Crippen molar-refractivity contribution in [3.63, 3.8) is 0 Å². The molecule has 154 valence electrons. The zero-order valence-corrected chi connectivity index (χ0v) is 16.5. The van der Waals surface area contributed by atoms with Gasteiger partial charge in [0.25, 0.3) is 5.69 Å². The molecule has 2 heterocycles. The molecule has 0 spiro atoms. The molecule has 1 aromatic heterocycles. The van der Waals surface area contributed by atoms with Gasteiger partial charge in [0.2, 0.25) is 5.91 Å². The van der Waals surface area contributed by atoms with E-state index < -0.39 is 16.2 Å². The van der Waals surface area contributed by atoms with Crippen molar-refractivity contribution in [2.75, 3.05) is 11.9 Å². The number of benzene rings is 2. The van der Waals surface area contributed by atoms with Crippen LogP contribution in [0.25, 0.3) is 10.9 Å². The molecule has 10 heteroatoms. The molecule has 1 saturated heterocycles. The molecule has 8 nitrogen and oxygen atoms in total. The van der Waals surface area contributed by atoms with Crippen molar-refractivity contribution >= 4 is 45.6 Å². The van der Waals surface area contributed by atoms with Gasteiger partial charge < -0.3 is 10.6 Å². The number of hydrogen-bond donors (Lipinski definition) is 2. The zero-order valence-electron chi connectivity index (χ0n) is 15.8. The van der Waals surface area contributed by atoms with Crippen molar-refractivity contribution in [2.24, 2.45) is 11.3 Å². The van der Waals surface area contributed by atoms with E-state index in [0.29, 0.717) is 23.9 Å². The molecular weight excluding hydrogens is 425 g/mol. The van der Waals surface area contributed by atoms with Crippen molar-refractivity contribution in [1.82, 2.24) is 15.3 Å². The molecule has 2 N–H and O–H groups in total. The van der Waals surface area contributed by atoms with Crippen LogP contribution >= 0.6 is 11.6 Å². The predicted molar refractivity (Wildman–Crippen MR) is 111 cm³/mol. The Morgan fingerprint density at radius 3 is 2.90 bits per heavy atom. The van der Waals surface area contributed by atoms with Crippen molar-refractivity contribution < 1.29 is 14.1 Å². The van der Waals surface area contributed by atoms with Crippen molar-refractivity contribution in [2.45, 2.75) is 6.42 Å². The monoisotopic (exact) mass is 437 g/mol. The SMILES string of the molecule is O=C1NCC2CC12C#Cc1cc2ncnc(Nc3cccc(Cl)c3F)c2cc1[N+](=O)[O-]. The highest BCUT2D eigenvalue weighted by Crippen LogP contribution is 2.55. The molecule has 2 fully saturated rings. The molecule has 1 aliphatic heterocycles. The van der Waals surface area contributed by atoms with Gasteiger partial charge in [-0.15, -0.1) is 0 Å². The maximum Gasteiger partial charge on any atom is 0.285 e. The molecule has 31 heavy (non-hydrogen) atoms. The molecule has 0 bridgehead atoms. The van der Waals surface area contributed by atoms with Gasteiger partial charge in [-0.25, -0.2) is 14.4 Å². The number of nitro benzene ring substituents is 1. The van der Waals surface area contributed by atoms with E-state index in [-0.39, 0.29) is 39.6 Å². The average Bonchev–Trinajstić information content (AvgIpc) is 3.39. The number of amides is 1. The minimum absolute atomic E-state index is 0.0689. The van der Waals surface area contributed by atoms with Crippen LogP contribution in [0.4, 0.5) is 21.6 Å². The van der Waals surface area contributed by atoms with E-state index in [1.807, 2.05) is 0 Å². The van der Waals surface area contributed by atoms with Crippen LogP contribution in [0.3, 0.4) is 0 Å². The van der Waals surface area contributed by atoms with E-state index in [1.54, 1.807) is 6.07 Å². The zero-order chi connectivity index (χ0) is 21.8. The van der Waals surface area contributed by atoms with Crippen LogP contribution in [0.2, 0.25) is 5.02 Å². The number of halogens is 2. The Labute approximate surface area is 180 Å². The van der Waals surface area contributed by atoms with Gasteiger partial charge in [0.15, 0.2) is 5.82 Å².